The van der Waals surface area contributed by atoms with E-state index in [9.17, 15) is 18.0 Å². The van der Waals surface area contributed by atoms with Crippen molar-refractivity contribution in [2.24, 2.45) is 5.41 Å². The summed E-state index contributed by atoms with van der Waals surface area (Å²) in [7, 11) is 2.82. The van der Waals surface area contributed by atoms with E-state index in [0.717, 1.165) is 6.07 Å². The van der Waals surface area contributed by atoms with Crippen LogP contribution in [0.1, 0.15) is 24.0 Å². The number of piperidine rings is 1. The lowest BCUT2D eigenvalue weighted by Gasteiger charge is -2.35. The summed E-state index contributed by atoms with van der Waals surface area (Å²) in [6.07, 6.45) is -3.35. The Morgan fingerprint density at radius 2 is 1.96 bits per heavy atom. The summed E-state index contributed by atoms with van der Waals surface area (Å²) in [6, 6.07) is 3.72. The summed E-state index contributed by atoms with van der Waals surface area (Å²) in [5.74, 6) is -0.156. The molecule has 5 nitrogen and oxygen atoms in total. The van der Waals surface area contributed by atoms with Crippen molar-refractivity contribution in [3.8, 4) is 5.75 Å². The number of carbonyl (C=O) groups is 1. The highest BCUT2D eigenvalue weighted by Gasteiger charge is 2.40. The van der Waals surface area contributed by atoms with Gasteiger partial charge in [0.1, 0.15) is 5.75 Å². The molecule has 0 bridgehead atoms. The second-order valence-corrected chi connectivity index (χ2v) is 6.17. The number of halogens is 3. The Bertz CT molecular complexity index is 594. The molecule has 140 valence electrons. The van der Waals surface area contributed by atoms with E-state index in [-0.39, 0.29) is 30.4 Å². The van der Waals surface area contributed by atoms with Crippen LogP contribution in [0.5, 0.6) is 5.75 Å². The highest BCUT2D eigenvalue weighted by molar-refractivity contribution is 5.83. The zero-order valence-corrected chi connectivity index (χ0v) is 14.3. The van der Waals surface area contributed by atoms with E-state index in [1.807, 2.05) is 0 Å². The van der Waals surface area contributed by atoms with E-state index >= 15 is 0 Å². The highest BCUT2D eigenvalue weighted by atomic mass is 19.4. The summed E-state index contributed by atoms with van der Waals surface area (Å²) < 4.78 is 49.8. The number of nitrogens with one attached hydrogen (secondary N) is 2. The molecule has 0 atom stereocenters. The Morgan fingerprint density at radius 1 is 1.28 bits per heavy atom. The van der Waals surface area contributed by atoms with E-state index < -0.39 is 17.2 Å². The van der Waals surface area contributed by atoms with Gasteiger partial charge >= 0.3 is 6.18 Å². The molecule has 0 radical (unpaired) electrons. The summed E-state index contributed by atoms with van der Waals surface area (Å²) >= 11 is 0. The fourth-order valence-electron chi connectivity index (χ4n) is 3.08. The van der Waals surface area contributed by atoms with Gasteiger partial charge in [0.15, 0.2) is 0 Å². The number of ether oxygens (including phenoxy) is 2. The number of alkyl halides is 3. The van der Waals surface area contributed by atoms with Gasteiger partial charge in [-0.15, -0.1) is 0 Å². The largest absolute Gasteiger partial charge is 0.497 e. The lowest BCUT2D eigenvalue weighted by Crippen LogP contribution is -2.50. The number of amides is 1. The summed E-state index contributed by atoms with van der Waals surface area (Å²) in [6.45, 7) is 1.39. The normalized spacial score (nSPS) is 17.2. The fourth-order valence-corrected chi connectivity index (χ4v) is 3.08. The molecule has 0 spiro atoms. The molecule has 1 aromatic rings. The highest BCUT2D eigenvalue weighted by Crippen LogP contribution is 2.35. The van der Waals surface area contributed by atoms with E-state index in [1.165, 1.54) is 26.4 Å². The number of benzene rings is 1. The minimum Gasteiger partial charge on any atom is -0.497 e. The van der Waals surface area contributed by atoms with Gasteiger partial charge in [-0.1, -0.05) is 6.07 Å². The van der Waals surface area contributed by atoms with Gasteiger partial charge in [0.05, 0.1) is 24.7 Å². The van der Waals surface area contributed by atoms with Crippen molar-refractivity contribution in [3.05, 3.63) is 29.3 Å². The molecular weight excluding hydrogens is 337 g/mol. The Hall–Kier alpha value is -1.80. The minimum atomic E-state index is -4.52. The van der Waals surface area contributed by atoms with Crippen molar-refractivity contribution < 1.29 is 27.4 Å². The van der Waals surface area contributed by atoms with Crippen LogP contribution < -0.4 is 15.4 Å². The molecular formula is C17H23F3N2O3. The standard InChI is InChI=1S/C17H23F3N2O3/c1-24-11-16(5-7-21-8-6-16)15(23)22-10-12-3-4-13(25-2)9-14(12)17(18,19)20/h3-4,9,21H,5-8,10-11H2,1-2H3,(H,22,23). The van der Waals surface area contributed by atoms with Crippen molar-refractivity contribution in [1.82, 2.24) is 10.6 Å². The van der Waals surface area contributed by atoms with Crippen LogP contribution in [-0.2, 0) is 22.3 Å². The first kappa shape index (κ1) is 19.5. The Balaban J connectivity index is 2.15. The van der Waals surface area contributed by atoms with Crippen molar-refractivity contribution >= 4 is 5.91 Å². The molecule has 2 N–H and O–H groups in total. The molecule has 1 heterocycles. The molecule has 0 unspecified atom stereocenters. The average molecular weight is 360 g/mol. The smallest absolute Gasteiger partial charge is 0.416 e. The van der Waals surface area contributed by atoms with Gasteiger partial charge in [-0.2, -0.15) is 13.2 Å². The van der Waals surface area contributed by atoms with Gasteiger partial charge < -0.3 is 20.1 Å². The molecule has 1 aliphatic rings. The molecule has 1 saturated heterocycles. The molecule has 25 heavy (non-hydrogen) atoms. The maximum absolute atomic E-state index is 13.2. The van der Waals surface area contributed by atoms with Gasteiger partial charge in [0, 0.05) is 13.7 Å². The third kappa shape index (κ3) is 4.64. The van der Waals surface area contributed by atoms with E-state index in [4.69, 9.17) is 9.47 Å². The monoisotopic (exact) mass is 360 g/mol. The van der Waals surface area contributed by atoms with Crippen LogP contribution in [0.15, 0.2) is 18.2 Å². The summed E-state index contributed by atoms with van der Waals surface area (Å²) in [5, 5.41) is 5.83. The Kier molecular flexibility index (Phi) is 6.29. The van der Waals surface area contributed by atoms with Crippen LogP contribution in [0.2, 0.25) is 0 Å². The quantitative estimate of drug-likeness (QED) is 0.818. The first-order valence-electron chi connectivity index (χ1n) is 8.04. The molecule has 0 aliphatic carbocycles. The first-order chi connectivity index (χ1) is 11.8. The van der Waals surface area contributed by atoms with E-state index in [2.05, 4.69) is 10.6 Å². The summed E-state index contributed by atoms with van der Waals surface area (Å²) in [5.41, 5.74) is -1.51. The van der Waals surface area contributed by atoms with Crippen molar-refractivity contribution in [1.29, 1.82) is 0 Å². The second-order valence-electron chi connectivity index (χ2n) is 6.17. The van der Waals surface area contributed by atoms with Crippen LogP contribution in [0.4, 0.5) is 13.2 Å². The third-order valence-corrected chi connectivity index (χ3v) is 4.52. The average Bonchev–Trinajstić information content (AvgIpc) is 2.59. The lowest BCUT2D eigenvalue weighted by molar-refractivity contribution is -0.140. The van der Waals surface area contributed by atoms with Crippen molar-refractivity contribution in [3.63, 3.8) is 0 Å². The SMILES string of the molecule is COCC1(C(=O)NCc2ccc(OC)cc2C(F)(F)F)CCNCC1. The predicted octanol–water partition coefficient (Wildman–Crippen LogP) is 2.35. The molecule has 1 amide bonds. The van der Waals surface area contributed by atoms with Crippen molar-refractivity contribution in [2.75, 3.05) is 33.9 Å². The van der Waals surface area contributed by atoms with E-state index in [1.54, 1.807) is 0 Å². The molecule has 1 aliphatic heterocycles. The van der Waals surface area contributed by atoms with Crippen LogP contribution in [-0.4, -0.2) is 39.8 Å². The molecule has 1 fully saturated rings. The van der Waals surface area contributed by atoms with Crippen molar-refractivity contribution in [2.45, 2.75) is 25.6 Å². The number of carbonyl (C=O) groups excluding carboxylic acids is 1. The number of hydrogen-bond donors (Lipinski definition) is 2. The fraction of sp³-hybridized carbons (Fsp3) is 0.588. The van der Waals surface area contributed by atoms with Gasteiger partial charge in [-0.3, -0.25) is 4.79 Å². The topological polar surface area (TPSA) is 59.6 Å². The number of methoxy groups -OCH3 is 2. The van der Waals surface area contributed by atoms with E-state index in [0.29, 0.717) is 25.9 Å². The molecule has 8 heteroatoms. The lowest BCUT2D eigenvalue weighted by atomic mass is 9.78. The molecule has 0 aromatic heterocycles. The van der Waals surface area contributed by atoms with Crippen LogP contribution in [0, 0.1) is 5.41 Å². The predicted molar refractivity (Wildman–Crippen MR) is 86.3 cm³/mol. The van der Waals surface area contributed by atoms with Gasteiger partial charge in [0.25, 0.3) is 0 Å². The van der Waals surface area contributed by atoms with Gasteiger partial charge in [-0.05, 0) is 43.6 Å². The van der Waals surface area contributed by atoms with Crippen LogP contribution in [0.3, 0.4) is 0 Å². The van der Waals surface area contributed by atoms with Gasteiger partial charge in [-0.25, -0.2) is 0 Å². The molecule has 0 saturated carbocycles. The minimum absolute atomic E-state index is 0.00292. The molecule has 1 aromatic carbocycles. The third-order valence-electron chi connectivity index (χ3n) is 4.52. The summed E-state index contributed by atoms with van der Waals surface area (Å²) in [4.78, 5) is 12.6. The second kappa shape index (κ2) is 8.05. The Morgan fingerprint density at radius 3 is 2.52 bits per heavy atom. The first-order valence-corrected chi connectivity index (χ1v) is 8.04. The maximum Gasteiger partial charge on any atom is 0.416 e. The number of hydrogen-bond acceptors (Lipinski definition) is 4. The van der Waals surface area contributed by atoms with Crippen LogP contribution >= 0.6 is 0 Å². The number of rotatable bonds is 6. The molecule has 2 rings (SSSR count). The maximum atomic E-state index is 13.2. The zero-order chi connectivity index (χ0) is 18.5. The van der Waals surface area contributed by atoms with Gasteiger partial charge in [0.2, 0.25) is 5.91 Å². The Labute approximate surface area is 144 Å². The zero-order valence-electron chi connectivity index (χ0n) is 14.3. The van der Waals surface area contributed by atoms with Crippen LogP contribution in [0.25, 0.3) is 0 Å².